The molecule has 2 aromatic heterocycles. The number of fused-ring (bicyclic) bond motifs is 1. The largest absolute Gasteiger partial charge is 0.452 e. The molecule has 2 heterocycles. The van der Waals surface area contributed by atoms with Crippen molar-refractivity contribution in [1.29, 1.82) is 0 Å². The van der Waals surface area contributed by atoms with Gasteiger partial charge in [-0.3, -0.25) is 4.79 Å². The highest BCUT2D eigenvalue weighted by atomic mass is 16.5. The number of pyridine rings is 1. The SMILES string of the molecule is CCN(CC)C(=O)COC(=O)c1cc(-c2ccccc2)nc2onc(C)c12. The first kappa shape index (κ1) is 18.6. The van der Waals surface area contributed by atoms with Crippen LogP contribution in [0.25, 0.3) is 22.4 Å². The van der Waals surface area contributed by atoms with Crippen molar-refractivity contribution in [2.45, 2.75) is 20.8 Å². The van der Waals surface area contributed by atoms with Crippen molar-refractivity contribution in [2.75, 3.05) is 19.7 Å². The summed E-state index contributed by atoms with van der Waals surface area (Å²) in [6.45, 7) is 6.30. The van der Waals surface area contributed by atoms with Crippen LogP contribution in [0.4, 0.5) is 0 Å². The molecule has 7 heteroatoms. The lowest BCUT2D eigenvalue weighted by Crippen LogP contribution is -2.34. The standard InChI is InChI=1S/C20H21N3O4/c1-4-23(5-2)17(24)12-26-20(25)15-11-16(14-9-7-6-8-10-14)21-19-18(15)13(3)22-27-19/h6-11H,4-5,12H2,1-3H3. The van der Waals surface area contributed by atoms with E-state index in [0.29, 0.717) is 29.9 Å². The molecule has 0 aliphatic heterocycles. The number of hydrogen-bond acceptors (Lipinski definition) is 6. The zero-order chi connectivity index (χ0) is 19.4. The lowest BCUT2D eigenvalue weighted by molar-refractivity contribution is -0.134. The summed E-state index contributed by atoms with van der Waals surface area (Å²) in [6.07, 6.45) is 0. The second kappa shape index (κ2) is 7.99. The molecule has 3 aromatic rings. The van der Waals surface area contributed by atoms with Gasteiger partial charge >= 0.3 is 5.97 Å². The molecule has 0 fully saturated rings. The number of esters is 1. The molecule has 0 spiro atoms. The molecule has 0 saturated heterocycles. The van der Waals surface area contributed by atoms with Crippen LogP contribution in [0.15, 0.2) is 40.9 Å². The molecule has 0 unspecified atom stereocenters. The third-order valence-electron chi connectivity index (χ3n) is 4.35. The Morgan fingerprint density at radius 2 is 1.85 bits per heavy atom. The fraction of sp³-hybridized carbons (Fsp3) is 0.300. The van der Waals surface area contributed by atoms with E-state index in [1.54, 1.807) is 17.9 Å². The van der Waals surface area contributed by atoms with Gasteiger partial charge in [0.2, 0.25) is 0 Å². The normalized spacial score (nSPS) is 10.8. The molecule has 7 nitrogen and oxygen atoms in total. The Labute approximate surface area is 156 Å². The van der Waals surface area contributed by atoms with Gasteiger partial charge in [0.25, 0.3) is 11.6 Å². The summed E-state index contributed by atoms with van der Waals surface area (Å²) < 4.78 is 10.5. The molecule has 0 saturated carbocycles. The molecule has 0 aliphatic carbocycles. The number of benzene rings is 1. The first-order chi connectivity index (χ1) is 13.0. The number of ether oxygens (including phenoxy) is 1. The fourth-order valence-corrected chi connectivity index (χ4v) is 2.89. The van der Waals surface area contributed by atoms with Crippen molar-refractivity contribution < 1.29 is 18.8 Å². The molecule has 27 heavy (non-hydrogen) atoms. The quantitative estimate of drug-likeness (QED) is 0.622. The molecular formula is C20H21N3O4. The number of hydrogen-bond donors (Lipinski definition) is 0. The van der Waals surface area contributed by atoms with Crippen LogP contribution in [-0.4, -0.2) is 46.6 Å². The van der Waals surface area contributed by atoms with Gasteiger partial charge in [-0.25, -0.2) is 9.78 Å². The van der Waals surface area contributed by atoms with Crippen LogP contribution < -0.4 is 0 Å². The van der Waals surface area contributed by atoms with Crippen LogP contribution in [-0.2, 0) is 9.53 Å². The number of nitrogens with zero attached hydrogens (tertiary/aromatic N) is 3. The number of amides is 1. The van der Waals surface area contributed by atoms with Gasteiger partial charge in [-0.1, -0.05) is 35.5 Å². The average molecular weight is 367 g/mol. The minimum Gasteiger partial charge on any atom is -0.452 e. The summed E-state index contributed by atoms with van der Waals surface area (Å²) in [6, 6.07) is 11.1. The lowest BCUT2D eigenvalue weighted by atomic mass is 10.1. The van der Waals surface area contributed by atoms with Gasteiger partial charge in [0.05, 0.1) is 22.3 Å². The van der Waals surface area contributed by atoms with E-state index < -0.39 is 5.97 Å². The van der Waals surface area contributed by atoms with Gasteiger partial charge in [-0.15, -0.1) is 0 Å². The second-order valence-electron chi connectivity index (χ2n) is 6.01. The number of likely N-dealkylation sites (N-methyl/N-ethyl adjacent to an activating group) is 1. The van der Waals surface area contributed by atoms with E-state index in [2.05, 4.69) is 10.1 Å². The van der Waals surface area contributed by atoms with E-state index >= 15 is 0 Å². The predicted octanol–water partition coefficient (Wildman–Crippen LogP) is 3.22. The molecule has 1 aromatic carbocycles. The summed E-state index contributed by atoms with van der Waals surface area (Å²) in [4.78, 5) is 30.9. The van der Waals surface area contributed by atoms with E-state index in [9.17, 15) is 9.59 Å². The summed E-state index contributed by atoms with van der Waals surface area (Å²) in [5, 5.41) is 4.40. The Kier molecular flexibility index (Phi) is 5.49. The van der Waals surface area contributed by atoms with Gasteiger partial charge in [0, 0.05) is 18.7 Å². The Bertz CT molecular complexity index is 962. The Morgan fingerprint density at radius 1 is 1.15 bits per heavy atom. The molecule has 0 bridgehead atoms. The Balaban J connectivity index is 1.93. The maximum Gasteiger partial charge on any atom is 0.339 e. The van der Waals surface area contributed by atoms with E-state index in [0.717, 1.165) is 5.56 Å². The third-order valence-corrected chi connectivity index (χ3v) is 4.35. The van der Waals surface area contributed by atoms with Gasteiger partial charge < -0.3 is 14.2 Å². The van der Waals surface area contributed by atoms with Crippen LogP contribution >= 0.6 is 0 Å². The van der Waals surface area contributed by atoms with E-state index in [1.165, 1.54) is 0 Å². The number of rotatable bonds is 6. The average Bonchev–Trinajstić information content (AvgIpc) is 3.08. The molecule has 0 atom stereocenters. The van der Waals surface area contributed by atoms with Gasteiger partial charge in [-0.2, -0.15) is 0 Å². The number of carbonyl (C=O) groups is 2. The summed E-state index contributed by atoms with van der Waals surface area (Å²) in [5.41, 5.74) is 2.49. The highest BCUT2D eigenvalue weighted by Gasteiger charge is 2.21. The minimum atomic E-state index is -0.605. The topological polar surface area (TPSA) is 85.5 Å². The monoisotopic (exact) mass is 367 g/mol. The van der Waals surface area contributed by atoms with E-state index in [1.807, 2.05) is 44.2 Å². The summed E-state index contributed by atoms with van der Waals surface area (Å²) in [5.74, 6) is -0.838. The second-order valence-corrected chi connectivity index (χ2v) is 6.01. The Morgan fingerprint density at radius 3 is 2.52 bits per heavy atom. The van der Waals surface area contributed by atoms with Crippen molar-refractivity contribution in [3.8, 4) is 11.3 Å². The highest BCUT2D eigenvalue weighted by molar-refractivity contribution is 6.04. The fourth-order valence-electron chi connectivity index (χ4n) is 2.89. The van der Waals surface area contributed by atoms with E-state index in [4.69, 9.17) is 9.26 Å². The first-order valence-corrected chi connectivity index (χ1v) is 8.82. The van der Waals surface area contributed by atoms with Crippen molar-refractivity contribution in [1.82, 2.24) is 15.0 Å². The van der Waals surface area contributed by atoms with Crippen LogP contribution in [0.3, 0.4) is 0 Å². The van der Waals surface area contributed by atoms with Crippen LogP contribution in [0.2, 0.25) is 0 Å². The molecule has 0 N–H and O–H groups in total. The van der Waals surface area contributed by atoms with Crippen molar-refractivity contribution in [2.24, 2.45) is 0 Å². The Hall–Kier alpha value is -3.22. The maximum atomic E-state index is 12.7. The number of carbonyl (C=O) groups excluding carboxylic acids is 2. The molecular weight excluding hydrogens is 346 g/mol. The van der Waals surface area contributed by atoms with E-state index in [-0.39, 0.29) is 23.8 Å². The molecule has 0 radical (unpaired) electrons. The van der Waals surface area contributed by atoms with Crippen LogP contribution in [0.5, 0.6) is 0 Å². The number of aryl methyl sites for hydroxylation is 1. The van der Waals surface area contributed by atoms with Gasteiger partial charge in [0.1, 0.15) is 0 Å². The van der Waals surface area contributed by atoms with Crippen LogP contribution in [0.1, 0.15) is 29.9 Å². The molecule has 0 aliphatic rings. The van der Waals surface area contributed by atoms with Gasteiger partial charge in [-0.05, 0) is 26.8 Å². The third kappa shape index (κ3) is 3.81. The smallest absolute Gasteiger partial charge is 0.339 e. The van der Waals surface area contributed by atoms with Crippen LogP contribution in [0, 0.1) is 6.92 Å². The van der Waals surface area contributed by atoms with Crippen molar-refractivity contribution in [3.05, 3.63) is 47.7 Å². The maximum absolute atomic E-state index is 12.7. The number of aromatic nitrogens is 2. The molecule has 140 valence electrons. The highest BCUT2D eigenvalue weighted by Crippen LogP contribution is 2.27. The zero-order valence-electron chi connectivity index (χ0n) is 15.6. The van der Waals surface area contributed by atoms with Gasteiger partial charge in [0.15, 0.2) is 6.61 Å². The van der Waals surface area contributed by atoms with Crippen molar-refractivity contribution in [3.63, 3.8) is 0 Å². The van der Waals surface area contributed by atoms with Crippen molar-refractivity contribution >= 4 is 23.0 Å². The zero-order valence-corrected chi connectivity index (χ0v) is 15.6. The molecule has 3 rings (SSSR count). The lowest BCUT2D eigenvalue weighted by Gasteiger charge is -2.18. The predicted molar refractivity (Wildman–Crippen MR) is 100 cm³/mol. The summed E-state index contributed by atoms with van der Waals surface area (Å²) in [7, 11) is 0. The minimum absolute atomic E-state index is 0.232. The first-order valence-electron chi connectivity index (χ1n) is 8.82. The summed E-state index contributed by atoms with van der Waals surface area (Å²) >= 11 is 0. The molecule has 1 amide bonds.